The van der Waals surface area contributed by atoms with Crippen LogP contribution in [0.1, 0.15) is 65.5 Å². The third kappa shape index (κ3) is 8.64. The van der Waals surface area contributed by atoms with Crippen molar-refractivity contribution in [1.82, 2.24) is 15.5 Å². The maximum atomic E-state index is 14.2. The largest absolute Gasteiger partial charge is 0.416 e. The van der Waals surface area contributed by atoms with Gasteiger partial charge in [-0.2, -0.15) is 52.7 Å². The van der Waals surface area contributed by atoms with Crippen LogP contribution in [0.2, 0.25) is 19.6 Å². The van der Waals surface area contributed by atoms with E-state index in [9.17, 15) is 52.7 Å². The van der Waals surface area contributed by atoms with Gasteiger partial charge in [0.15, 0.2) is 8.32 Å². The Hall–Kier alpha value is -2.34. The molecule has 2 unspecified atom stereocenters. The number of hydrogen-bond donors (Lipinski definition) is 2. The third-order valence-corrected chi connectivity index (χ3v) is 10.6. The highest BCUT2D eigenvalue weighted by Gasteiger charge is 2.53. The normalized spacial score (nSPS) is 24.8. The van der Waals surface area contributed by atoms with Crippen LogP contribution in [0.15, 0.2) is 36.4 Å². The standard InChI is InChI=1S/C33H39F12N3OSi/c1-50(2,3)49-29(20-11-22(30(34,35)36)15-23(12-20)31(37,38)39,21-13-24(32(40,41)42)16-25(14-21)33(43,44)45)28-7-6-27(47-28)19-8-10-48(17-19)18-26-5-4-9-46-26/h11-16,19,26-28,46-47H,4-10,17-18H2,1-3H3/t19?,26-,27?,28+/m0/s1. The van der Waals surface area contributed by atoms with Crippen LogP contribution in [0.5, 0.6) is 0 Å². The first kappa shape index (κ1) is 38.9. The minimum atomic E-state index is -5.35. The van der Waals surface area contributed by atoms with Crippen LogP contribution in [-0.4, -0.2) is 57.5 Å². The van der Waals surface area contributed by atoms with E-state index in [0.29, 0.717) is 49.7 Å². The van der Waals surface area contributed by atoms with Crippen molar-refractivity contribution in [3.63, 3.8) is 0 Å². The lowest BCUT2D eigenvalue weighted by Crippen LogP contribution is -2.55. The second kappa shape index (κ2) is 13.6. The third-order valence-electron chi connectivity index (χ3n) is 9.69. The summed E-state index contributed by atoms with van der Waals surface area (Å²) in [5, 5.41) is 6.69. The lowest BCUT2D eigenvalue weighted by molar-refractivity contribution is -0.144. The van der Waals surface area contributed by atoms with Gasteiger partial charge in [0.25, 0.3) is 0 Å². The molecule has 0 spiro atoms. The summed E-state index contributed by atoms with van der Waals surface area (Å²) in [6.45, 7) is 7.57. The van der Waals surface area contributed by atoms with Gasteiger partial charge in [0.05, 0.1) is 22.3 Å². The molecule has 3 saturated heterocycles. The second-order valence-electron chi connectivity index (χ2n) is 14.5. The van der Waals surface area contributed by atoms with Crippen LogP contribution < -0.4 is 10.6 Å². The Labute approximate surface area is 283 Å². The molecule has 280 valence electrons. The Balaban J connectivity index is 1.71. The predicted molar refractivity (Wildman–Crippen MR) is 164 cm³/mol. The summed E-state index contributed by atoms with van der Waals surface area (Å²) in [6, 6.07) is -0.226. The van der Waals surface area contributed by atoms with Gasteiger partial charge in [0.2, 0.25) is 0 Å². The van der Waals surface area contributed by atoms with Crippen molar-refractivity contribution in [3.05, 3.63) is 69.8 Å². The molecule has 3 aliphatic rings. The van der Waals surface area contributed by atoms with Crippen LogP contribution in [0.25, 0.3) is 0 Å². The van der Waals surface area contributed by atoms with Crippen LogP contribution in [0, 0.1) is 5.92 Å². The zero-order valence-corrected chi connectivity index (χ0v) is 28.5. The summed E-state index contributed by atoms with van der Waals surface area (Å²) in [4.78, 5) is 2.25. The van der Waals surface area contributed by atoms with Crippen molar-refractivity contribution in [1.29, 1.82) is 0 Å². The van der Waals surface area contributed by atoms with Crippen LogP contribution in [0.3, 0.4) is 0 Å². The zero-order chi connectivity index (χ0) is 37.1. The van der Waals surface area contributed by atoms with Crippen molar-refractivity contribution >= 4 is 8.32 Å². The quantitative estimate of drug-likeness (QED) is 0.209. The molecule has 5 rings (SSSR count). The average Bonchev–Trinajstić information content (AvgIpc) is 3.76. The number of rotatable bonds is 8. The van der Waals surface area contributed by atoms with E-state index in [0.717, 1.165) is 32.5 Å². The molecule has 17 heteroatoms. The Morgan fingerprint density at radius 3 is 1.52 bits per heavy atom. The topological polar surface area (TPSA) is 36.5 Å². The fraction of sp³-hybridized carbons (Fsp3) is 0.636. The van der Waals surface area contributed by atoms with E-state index in [1.807, 2.05) is 0 Å². The van der Waals surface area contributed by atoms with Gasteiger partial charge in [0.1, 0.15) is 5.60 Å². The van der Waals surface area contributed by atoms with E-state index in [-0.39, 0.29) is 30.5 Å². The lowest BCUT2D eigenvalue weighted by Gasteiger charge is -2.45. The molecule has 0 radical (unpaired) electrons. The minimum Gasteiger partial charge on any atom is -0.403 e. The molecule has 0 aliphatic carbocycles. The van der Waals surface area contributed by atoms with Gasteiger partial charge >= 0.3 is 24.7 Å². The number of halogens is 12. The average molecular weight is 750 g/mol. The van der Waals surface area contributed by atoms with E-state index in [1.54, 1.807) is 0 Å². The molecule has 2 aromatic carbocycles. The fourth-order valence-corrected chi connectivity index (χ4v) is 8.97. The molecule has 3 aliphatic heterocycles. The van der Waals surface area contributed by atoms with Crippen molar-refractivity contribution in [2.45, 2.75) is 100 Å². The molecule has 0 amide bonds. The maximum Gasteiger partial charge on any atom is 0.416 e. The highest BCUT2D eigenvalue weighted by atomic mass is 28.4. The first-order valence-electron chi connectivity index (χ1n) is 16.4. The van der Waals surface area contributed by atoms with Crippen LogP contribution in [0.4, 0.5) is 52.7 Å². The molecule has 50 heavy (non-hydrogen) atoms. The first-order chi connectivity index (χ1) is 22.9. The number of nitrogens with one attached hydrogen (secondary N) is 2. The van der Waals surface area contributed by atoms with E-state index >= 15 is 0 Å². The minimum absolute atomic E-state index is 0.00891. The number of benzene rings is 2. The molecule has 2 aromatic rings. The van der Waals surface area contributed by atoms with E-state index in [4.69, 9.17) is 4.43 Å². The van der Waals surface area contributed by atoms with Crippen molar-refractivity contribution in [2.75, 3.05) is 26.2 Å². The Morgan fingerprint density at radius 1 is 0.660 bits per heavy atom. The van der Waals surface area contributed by atoms with Crippen molar-refractivity contribution < 1.29 is 57.1 Å². The van der Waals surface area contributed by atoms with Crippen LogP contribution in [-0.2, 0) is 34.7 Å². The summed E-state index contributed by atoms with van der Waals surface area (Å²) in [5.41, 5.74) is -11.4. The summed E-state index contributed by atoms with van der Waals surface area (Å²) >= 11 is 0. The molecule has 0 bridgehead atoms. The number of nitrogens with zero attached hydrogens (tertiary/aromatic N) is 1. The summed E-state index contributed by atoms with van der Waals surface area (Å²) in [5.74, 6) is -0.0366. The summed E-state index contributed by atoms with van der Waals surface area (Å²) in [6.07, 6.45) is -18.3. The second-order valence-corrected chi connectivity index (χ2v) is 19.0. The molecule has 2 N–H and O–H groups in total. The van der Waals surface area contributed by atoms with E-state index in [1.165, 1.54) is 19.6 Å². The molecule has 3 fully saturated rings. The van der Waals surface area contributed by atoms with Gasteiger partial charge in [-0.05, 0) is 118 Å². The Bertz CT molecular complexity index is 1370. The molecule has 4 nitrogen and oxygen atoms in total. The Morgan fingerprint density at radius 2 is 1.12 bits per heavy atom. The highest BCUT2D eigenvalue weighted by molar-refractivity contribution is 6.69. The summed E-state index contributed by atoms with van der Waals surface area (Å²) in [7, 11) is -3.24. The molecule has 0 aromatic heterocycles. The summed E-state index contributed by atoms with van der Waals surface area (Å²) < 4.78 is 177. The highest BCUT2D eigenvalue weighted by Crippen LogP contribution is 2.50. The number of alkyl halides is 12. The molecular weight excluding hydrogens is 710 g/mol. The molecule has 3 heterocycles. The van der Waals surface area contributed by atoms with Gasteiger partial charge < -0.3 is 20.0 Å². The number of hydrogen-bond acceptors (Lipinski definition) is 4. The molecule has 0 saturated carbocycles. The smallest absolute Gasteiger partial charge is 0.403 e. The zero-order valence-electron chi connectivity index (χ0n) is 27.5. The SMILES string of the molecule is C[Si](C)(C)OC(c1cc(C(F)(F)F)cc(C(F)(F)F)c1)(c1cc(C(F)(F)F)cc(C(F)(F)F)c1)[C@H]1CCC(C2CCN(C[C@@H]3CCCN3)C2)N1. The van der Waals surface area contributed by atoms with Gasteiger partial charge in [0, 0.05) is 31.2 Å². The van der Waals surface area contributed by atoms with Gasteiger partial charge in [-0.3, -0.25) is 0 Å². The Kier molecular flexibility index (Phi) is 10.6. The van der Waals surface area contributed by atoms with Crippen molar-refractivity contribution in [2.24, 2.45) is 5.92 Å². The monoisotopic (exact) mass is 749 g/mol. The number of likely N-dealkylation sites (tertiary alicyclic amines) is 1. The van der Waals surface area contributed by atoms with Gasteiger partial charge in [-0.25, -0.2) is 0 Å². The van der Waals surface area contributed by atoms with Crippen LogP contribution >= 0.6 is 0 Å². The fourth-order valence-electron chi connectivity index (χ4n) is 7.62. The van der Waals surface area contributed by atoms with E-state index < -0.39 is 78.0 Å². The van der Waals surface area contributed by atoms with Crippen molar-refractivity contribution in [3.8, 4) is 0 Å². The molecular formula is C33H39F12N3OSi. The van der Waals surface area contributed by atoms with Gasteiger partial charge in [-0.1, -0.05) is 0 Å². The molecule has 4 atom stereocenters. The maximum absolute atomic E-state index is 14.2. The predicted octanol–water partition coefficient (Wildman–Crippen LogP) is 9.05. The first-order valence-corrected chi connectivity index (χ1v) is 19.8. The van der Waals surface area contributed by atoms with E-state index in [2.05, 4.69) is 15.5 Å². The lowest BCUT2D eigenvalue weighted by atomic mass is 9.77. The van der Waals surface area contributed by atoms with Gasteiger partial charge in [-0.15, -0.1) is 0 Å².